The van der Waals surface area contributed by atoms with Crippen molar-refractivity contribution in [2.24, 2.45) is 0 Å². The van der Waals surface area contributed by atoms with Crippen LogP contribution >= 0.6 is 0 Å². The van der Waals surface area contributed by atoms with E-state index >= 15 is 0 Å². The van der Waals surface area contributed by atoms with E-state index < -0.39 is 0 Å². The number of amides is 1. The lowest BCUT2D eigenvalue weighted by Crippen LogP contribution is -2.35. The third-order valence-electron chi connectivity index (χ3n) is 5.39. The Balaban J connectivity index is 1.49. The zero-order chi connectivity index (χ0) is 20.5. The molecule has 1 aliphatic rings. The number of ether oxygens (including phenoxy) is 2. The van der Waals surface area contributed by atoms with Crippen molar-refractivity contribution < 1.29 is 14.3 Å². The summed E-state index contributed by atoms with van der Waals surface area (Å²) in [6, 6.07) is 16.2. The standard InChI is InChI=1S/C24H32N2O3/c1-3-29-23-8-5-4-7-21(23)11-14-24(27)26-16-6-15-25(17-18-26)19-20-9-12-22(28-2)13-10-20/h4-5,7-10,12-13H,3,6,11,14-19H2,1-2H3. The van der Waals surface area contributed by atoms with E-state index in [1.807, 2.05) is 42.2 Å². The molecule has 3 rings (SSSR count). The number of para-hydroxylation sites is 1. The fraction of sp³-hybridized carbons (Fsp3) is 0.458. The first-order valence-electron chi connectivity index (χ1n) is 10.5. The molecule has 0 spiro atoms. The highest BCUT2D eigenvalue weighted by Gasteiger charge is 2.19. The lowest BCUT2D eigenvalue weighted by atomic mass is 10.1. The van der Waals surface area contributed by atoms with Gasteiger partial charge in [-0.1, -0.05) is 30.3 Å². The normalized spacial score (nSPS) is 15.0. The third kappa shape index (κ3) is 6.23. The first-order valence-corrected chi connectivity index (χ1v) is 10.5. The maximum Gasteiger partial charge on any atom is 0.222 e. The Hall–Kier alpha value is -2.53. The molecule has 5 nitrogen and oxygen atoms in total. The summed E-state index contributed by atoms with van der Waals surface area (Å²) in [5, 5.41) is 0. The van der Waals surface area contributed by atoms with Gasteiger partial charge in [-0.15, -0.1) is 0 Å². The number of nitrogens with zero attached hydrogens (tertiary/aromatic N) is 2. The molecule has 0 aromatic heterocycles. The molecule has 0 saturated carbocycles. The SMILES string of the molecule is CCOc1ccccc1CCC(=O)N1CCCN(Cc2ccc(OC)cc2)CC1. The van der Waals surface area contributed by atoms with E-state index in [0.717, 1.165) is 62.6 Å². The molecule has 1 amide bonds. The maximum absolute atomic E-state index is 12.8. The maximum atomic E-state index is 12.8. The molecule has 0 aliphatic carbocycles. The zero-order valence-electron chi connectivity index (χ0n) is 17.6. The average molecular weight is 397 g/mol. The lowest BCUT2D eigenvalue weighted by Gasteiger charge is -2.22. The van der Waals surface area contributed by atoms with E-state index in [4.69, 9.17) is 9.47 Å². The predicted octanol–water partition coefficient (Wildman–Crippen LogP) is 3.76. The van der Waals surface area contributed by atoms with Gasteiger partial charge < -0.3 is 14.4 Å². The number of hydrogen-bond donors (Lipinski definition) is 0. The largest absolute Gasteiger partial charge is 0.497 e. The van der Waals surface area contributed by atoms with Crippen molar-refractivity contribution in [3.8, 4) is 11.5 Å². The number of carbonyl (C=O) groups is 1. The van der Waals surface area contributed by atoms with Gasteiger partial charge in [-0.25, -0.2) is 0 Å². The van der Waals surface area contributed by atoms with Crippen molar-refractivity contribution in [1.82, 2.24) is 9.80 Å². The van der Waals surface area contributed by atoms with Crippen molar-refractivity contribution in [1.29, 1.82) is 0 Å². The Kier molecular flexibility index (Phi) is 7.94. The number of methoxy groups -OCH3 is 1. The molecule has 1 heterocycles. The fourth-order valence-corrected chi connectivity index (χ4v) is 3.77. The minimum absolute atomic E-state index is 0.239. The molecule has 2 aromatic rings. The van der Waals surface area contributed by atoms with Crippen molar-refractivity contribution in [3.63, 3.8) is 0 Å². The van der Waals surface area contributed by atoms with E-state index in [1.54, 1.807) is 7.11 Å². The number of aryl methyl sites for hydroxylation is 1. The number of carbonyl (C=O) groups excluding carboxylic acids is 1. The Morgan fingerprint density at radius 3 is 2.55 bits per heavy atom. The molecule has 1 saturated heterocycles. The van der Waals surface area contributed by atoms with Gasteiger partial charge in [0.15, 0.2) is 0 Å². The molecule has 0 bridgehead atoms. The van der Waals surface area contributed by atoms with E-state index in [-0.39, 0.29) is 5.91 Å². The smallest absolute Gasteiger partial charge is 0.222 e. The average Bonchev–Trinajstić information content (AvgIpc) is 2.99. The minimum Gasteiger partial charge on any atom is -0.497 e. The molecular formula is C24H32N2O3. The second kappa shape index (κ2) is 10.9. The molecule has 29 heavy (non-hydrogen) atoms. The minimum atomic E-state index is 0.239. The van der Waals surface area contributed by atoms with Gasteiger partial charge in [-0.3, -0.25) is 9.69 Å². The van der Waals surface area contributed by atoms with Gasteiger partial charge in [0.2, 0.25) is 5.91 Å². The van der Waals surface area contributed by atoms with Crippen molar-refractivity contribution in [3.05, 3.63) is 59.7 Å². The van der Waals surface area contributed by atoms with Crippen LogP contribution in [0.4, 0.5) is 0 Å². The second-order valence-corrected chi connectivity index (χ2v) is 7.40. The highest BCUT2D eigenvalue weighted by Crippen LogP contribution is 2.20. The molecule has 156 valence electrons. The van der Waals surface area contributed by atoms with E-state index in [0.29, 0.717) is 13.0 Å². The highest BCUT2D eigenvalue weighted by atomic mass is 16.5. The van der Waals surface area contributed by atoms with Gasteiger partial charge >= 0.3 is 0 Å². The van der Waals surface area contributed by atoms with Gasteiger partial charge in [0, 0.05) is 39.1 Å². The predicted molar refractivity (Wildman–Crippen MR) is 115 cm³/mol. The van der Waals surface area contributed by atoms with Gasteiger partial charge in [-0.05, 0) is 49.1 Å². The number of rotatable bonds is 8. The van der Waals surface area contributed by atoms with Crippen LogP contribution in [0.2, 0.25) is 0 Å². The monoisotopic (exact) mass is 396 g/mol. The number of benzene rings is 2. The van der Waals surface area contributed by atoms with Gasteiger partial charge in [0.1, 0.15) is 11.5 Å². The Labute approximate surface area is 174 Å². The Morgan fingerprint density at radius 1 is 1.00 bits per heavy atom. The first-order chi connectivity index (χ1) is 14.2. The molecule has 0 N–H and O–H groups in total. The van der Waals surface area contributed by atoms with Crippen molar-refractivity contribution in [2.45, 2.75) is 32.7 Å². The van der Waals surface area contributed by atoms with Crippen LogP contribution in [0.1, 0.15) is 30.9 Å². The van der Waals surface area contributed by atoms with E-state index in [2.05, 4.69) is 23.1 Å². The summed E-state index contributed by atoms with van der Waals surface area (Å²) in [4.78, 5) is 17.2. The molecule has 1 aliphatic heterocycles. The molecule has 0 radical (unpaired) electrons. The molecule has 5 heteroatoms. The van der Waals surface area contributed by atoms with Gasteiger partial charge in [0.05, 0.1) is 13.7 Å². The van der Waals surface area contributed by atoms with E-state index in [9.17, 15) is 4.79 Å². The van der Waals surface area contributed by atoms with Crippen LogP contribution in [0.15, 0.2) is 48.5 Å². The van der Waals surface area contributed by atoms with Crippen LogP contribution in [0.3, 0.4) is 0 Å². The first kappa shape index (κ1) is 21.2. The highest BCUT2D eigenvalue weighted by molar-refractivity contribution is 5.76. The third-order valence-corrected chi connectivity index (χ3v) is 5.39. The lowest BCUT2D eigenvalue weighted by molar-refractivity contribution is -0.131. The fourth-order valence-electron chi connectivity index (χ4n) is 3.77. The van der Waals surface area contributed by atoms with Gasteiger partial charge in [-0.2, -0.15) is 0 Å². The van der Waals surface area contributed by atoms with Crippen LogP contribution in [-0.2, 0) is 17.8 Å². The zero-order valence-corrected chi connectivity index (χ0v) is 17.6. The van der Waals surface area contributed by atoms with E-state index in [1.165, 1.54) is 5.56 Å². The summed E-state index contributed by atoms with van der Waals surface area (Å²) in [5.74, 6) is 2.01. The van der Waals surface area contributed by atoms with Crippen LogP contribution in [0, 0.1) is 0 Å². The molecule has 1 fully saturated rings. The Bertz CT molecular complexity index is 776. The molecule has 0 unspecified atom stereocenters. The van der Waals surface area contributed by atoms with Crippen LogP contribution in [0.5, 0.6) is 11.5 Å². The van der Waals surface area contributed by atoms with Gasteiger partial charge in [0.25, 0.3) is 0 Å². The van der Waals surface area contributed by atoms with Crippen molar-refractivity contribution in [2.75, 3.05) is 39.9 Å². The topological polar surface area (TPSA) is 42.0 Å². The summed E-state index contributed by atoms with van der Waals surface area (Å²) in [5.41, 5.74) is 2.39. The Morgan fingerprint density at radius 2 is 1.79 bits per heavy atom. The molecular weight excluding hydrogens is 364 g/mol. The van der Waals surface area contributed by atoms with Crippen LogP contribution in [-0.4, -0.2) is 55.6 Å². The summed E-state index contributed by atoms with van der Waals surface area (Å²) in [6.45, 7) is 7.09. The molecule has 2 aromatic carbocycles. The summed E-state index contributed by atoms with van der Waals surface area (Å²) >= 11 is 0. The summed E-state index contributed by atoms with van der Waals surface area (Å²) < 4.78 is 10.9. The summed E-state index contributed by atoms with van der Waals surface area (Å²) in [6.07, 6.45) is 2.26. The second-order valence-electron chi connectivity index (χ2n) is 7.40. The number of hydrogen-bond acceptors (Lipinski definition) is 4. The molecule has 0 atom stereocenters. The summed E-state index contributed by atoms with van der Waals surface area (Å²) in [7, 11) is 1.69. The quantitative estimate of drug-likeness (QED) is 0.681. The van der Waals surface area contributed by atoms with Crippen molar-refractivity contribution >= 4 is 5.91 Å². The van der Waals surface area contributed by atoms with Crippen LogP contribution < -0.4 is 9.47 Å². The van der Waals surface area contributed by atoms with Crippen LogP contribution in [0.25, 0.3) is 0 Å².